The number of hydrogen-bond donors (Lipinski definition) is 1. The van der Waals surface area contributed by atoms with Gasteiger partial charge in [-0.2, -0.15) is 0 Å². The van der Waals surface area contributed by atoms with E-state index >= 15 is 0 Å². The molecule has 19 heavy (non-hydrogen) atoms. The molecule has 1 N–H and O–H groups in total. The van der Waals surface area contributed by atoms with E-state index in [2.05, 4.69) is 0 Å². The molecular formula is C14H8O5. The number of ketones is 1. The van der Waals surface area contributed by atoms with Crippen LogP contribution in [0.5, 0.6) is 5.75 Å². The largest absolute Gasteiger partial charge is 0.475 e. The summed E-state index contributed by atoms with van der Waals surface area (Å²) >= 11 is 0. The number of carbonyl (C=O) groups excluding carboxylic acids is 1. The third kappa shape index (κ3) is 1.81. The number of hydrogen-bond acceptors (Lipinski definition) is 4. The molecule has 2 aromatic rings. The van der Waals surface area contributed by atoms with Crippen LogP contribution in [0, 0.1) is 0 Å². The predicted octanol–water partition coefficient (Wildman–Crippen LogP) is 2.38. The highest BCUT2D eigenvalue weighted by molar-refractivity contribution is 6.39. The Bertz CT molecular complexity index is 748. The summed E-state index contributed by atoms with van der Waals surface area (Å²) in [7, 11) is 0. The smallest absolute Gasteiger partial charge is 0.380 e. The minimum atomic E-state index is -1.55. The first-order chi connectivity index (χ1) is 9.16. The highest BCUT2D eigenvalue weighted by atomic mass is 16.5. The first-order valence-electron chi connectivity index (χ1n) is 5.51. The van der Waals surface area contributed by atoms with Gasteiger partial charge in [-0.3, -0.25) is 4.79 Å². The molecule has 0 spiro atoms. The number of Topliss-reactive ketones (excluding diaryl/α,β-unsaturated/α-hetero) is 1. The number of rotatable bonds is 2. The van der Waals surface area contributed by atoms with Crippen molar-refractivity contribution in [1.29, 1.82) is 0 Å². The van der Waals surface area contributed by atoms with Crippen LogP contribution < -0.4 is 4.74 Å². The molecule has 0 unspecified atom stereocenters. The van der Waals surface area contributed by atoms with Gasteiger partial charge < -0.3 is 14.3 Å². The van der Waals surface area contributed by atoms with Crippen molar-refractivity contribution in [3.8, 4) is 5.75 Å². The maximum atomic E-state index is 11.5. The van der Waals surface area contributed by atoms with Gasteiger partial charge in [0.15, 0.2) is 5.76 Å². The van der Waals surface area contributed by atoms with Gasteiger partial charge in [-0.25, -0.2) is 4.79 Å². The third-order valence-electron chi connectivity index (χ3n) is 2.77. The summed E-state index contributed by atoms with van der Waals surface area (Å²) in [5, 5.41) is 9.42. The van der Waals surface area contributed by atoms with Crippen molar-refractivity contribution in [2.24, 2.45) is 0 Å². The number of aliphatic carboxylic acids is 1. The summed E-state index contributed by atoms with van der Waals surface area (Å²) in [6, 6.07) is 5.27. The zero-order valence-corrected chi connectivity index (χ0v) is 9.62. The lowest BCUT2D eigenvalue weighted by Gasteiger charge is -2.09. The quantitative estimate of drug-likeness (QED) is 0.835. The van der Waals surface area contributed by atoms with Gasteiger partial charge >= 0.3 is 11.8 Å². The van der Waals surface area contributed by atoms with Gasteiger partial charge in [0.25, 0.3) is 0 Å². The van der Waals surface area contributed by atoms with E-state index in [4.69, 9.17) is 14.3 Å². The van der Waals surface area contributed by atoms with Gasteiger partial charge in [-0.15, -0.1) is 0 Å². The second-order valence-electron chi connectivity index (χ2n) is 3.94. The number of ether oxygens (including phenoxy) is 1. The molecule has 0 atom stereocenters. The van der Waals surface area contributed by atoms with Crippen LogP contribution in [-0.2, 0) is 9.59 Å². The molecule has 1 aliphatic rings. The molecule has 1 aromatic carbocycles. The Kier molecular flexibility index (Phi) is 2.45. The second-order valence-corrected chi connectivity index (χ2v) is 3.94. The van der Waals surface area contributed by atoms with Crippen LogP contribution in [0.4, 0.5) is 0 Å². The highest BCUT2D eigenvalue weighted by Gasteiger charge is 2.23. The fraction of sp³-hybridized carbons (Fsp3) is 0. The van der Waals surface area contributed by atoms with Crippen LogP contribution in [0.2, 0.25) is 0 Å². The molecule has 5 nitrogen and oxygen atoms in total. The SMILES string of the molecule is O=C(O)C(=O)C1=CC=Cc2ccc3occc3c2O1. The van der Waals surface area contributed by atoms with Crippen molar-refractivity contribution in [2.45, 2.75) is 0 Å². The average Bonchev–Trinajstić information content (AvgIpc) is 2.77. The van der Waals surface area contributed by atoms with Crippen LogP contribution in [0.15, 0.2) is 46.8 Å². The van der Waals surface area contributed by atoms with E-state index in [9.17, 15) is 9.59 Å². The van der Waals surface area contributed by atoms with Gasteiger partial charge in [0.1, 0.15) is 11.3 Å². The van der Waals surface area contributed by atoms with E-state index in [1.807, 2.05) is 0 Å². The fourth-order valence-corrected chi connectivity index (χ4v) is 1.89. The molecule has 1 aliphatic heterocycles. The first-order valence-corrected chi connectivity index (χ1v) is 5.51. The molecule has 1 aromatic heterocycles. The van der Waals surface area contributed by atoms with E-state index in [0.717, 1.165) is 5.56 Å². The Balaban J connectivity index is 2.14. The lowest BCUT2D eigenvalue weighted by Crippen LogP contribution is -2.18. The number of benzene rings is 1. The van der Waals surface area contributed by atoms with Crippen LogP contribution >= 0.6 is 0 Å². The van der Waals surface area contributed by atoms with Crippen molar-refractivity contribution in [3.63, 3.8) is 0 Å². The summed E-state index contributed by atoms with van der Waals surface area (Å²) in [4.78, 5) is 22.2. The summed E-state index contributed by atoms with van der Waals surface area (Å²) < 4.78 is 10.7. The minimum Gasteiger partial charge on any atom is -0.475 e. The fourth-order valence-electron chi connectivity index (χ4n) is 1.89. The summed E-state index contributed by atoms with van der Waals surface area (Å²) in [6.07, 6.45) is 6.16. The third-order valence-corrected chi connectivity index (χ3v) is 2.77. The number of carbonyl (C=O) groups is 2. The van der Waals surface area contributed by atoms with Crippen molar-refractivity contribution >= 4 is 28.8 Å². The molecule has 94 valence electrons. The van der Waals surface area contributed by atoms with Gasteiger partial charge in [0.05, 0.1) is 11.6 Å². The molecule has 0 radical (unpaired) electrons. The summed E-state index contributed by atoms with van der Waals surface area (Å²) in [5.74, 6) is -2.45. The van der Waals surface area contributed by atoms with E-state index < -0.39 is 11.8 Å². The highest BCUT2D eigenvalue weighted by Crippen LogP contribution is 2.34. The Morgan fingerprint density at radius 3 is 2.79 bits per heavy atom. The monoisotopic (exact) mass is 256 g/mol. The maximum Gasteiger partial charge on any atom is 0.380 e. The summed E-state index contributed by atoms with van der Waals surface area (Å²) in [6.45, 7) is 0. The van der Waals surface area contributed by atoms with E-state index in [1.54, 1.807) is 30.4 Å². The zero-order chi connectivity index (χ0) is 13.4. The normalized spacial score (nSPS) is 13.4. The number of furan rings is 1. The number of allylic oxidation sites excluding steroid dienone is 2. The molecule has 0 saturated carbocycles. The van der Waals surface area contributed by atoms with E-state index in [0.29, 0.717) is 16.7 Å². The Morgan fingerprint density at radius 2 is 2.00 bits per heavy atom. The van der Waals surface area contributed by atoms with Gasteiger partial charge in [0, 0.05) is 5.56 Å². The van der Waals surface area contributed by atoms with Gasteiger partial charge in [0.2, 0.25) is 0 Å². The van der Waals surface area contributed by atoms with Crippen molar-refractivity contribution in [1.82, 2.24) is 0 Å². The molecule has 0 aliphatic carbocycles. The standard InChI is InChI=1S/C14H8O5/c15-12(14(16)17)11-3-1-2-8-4-5-10-9(6-7-18-10)13(8)19-11/h1-7H,(H,16,17). The van der Waals surface area contributed by atoms with E-state index in [1.165, 1.54) is 12.3 Å². The molecule has 0 saturated heterocycles. The van der Waals surface area contributed by atoms with Gasteiger partial charge in [-0.1, -0.05) is 12.2 Å². The molecule has 5 heteroatoms. The molecule has 3 rings (SSSR count). The van der Waals surface area contributed by atoms with E-state index in [-0.39, 0.29) is 5.76 Å². The molecule has 0 fully saturated rings. The van der Waals surface area contributed by atoms with Crippen molar-refractivity contribution < 1.29 is 23.8 Å². The predicted molar refractivity (Wildman–Crippen MR) is 66.6 cm³/mol. The Labute approximate surface area is 107 Å². The van der Waals surface area contributed by atoms with Crippen LogP contribution in [0.1, 0.15) is 5.56 Å². The molecule has 0 bridgehead atoms. The molecular weight excluding hydrogens is 248 g/mol. The lowest BCUT2D eigenvalue weighted by molar-refractivity contribution is -0.148. The maximum absolute atomic E-state index is 11.5. The van der Waals surface area contributed by atoms with Crippen LogP contribution in [0.3, 0.4) is 0 Å². The van der Waals surface area contributed by atoms with Gasteiger partial charge in [-0.05, 0) is 24.3 Å². The number of carboxylic acid groups (broad SMARTS) is 1. The summed E-state index contributed by atoms with van der Waals surface area (Å²) in [5.41, 5.74) is 1.36. The molecule has 2 heterocycles. The second kappa shape index (κ2) is 4.13. The average molecular weight is 256 g/mol. The number of fused-ring (bicyclic) bond motifs is 3. The zero-order valence-electron chi connectivity index (χ0n) is 9.62. The van der Waals surface area contributed by atoms with Crippen LogP contribution in [0.25, 0.3) is 17.0 Å². The topological polar surface area (TPSA) is 76.7 Å². The molecule has 0 amide bonds. The van der Waals surface area contributed by atoms with Crippen molar-refractivity contribution in [3.05, 3.63) is 47.9 Å². The first kappa shape index (κ1) is 11.3. The Morgan fingerprint density at radius 1 is 1.16 bits per heavy atom. The van der Waals surface area contributed by atoms with Crippen molar-refractivity contribution in [2.75, 3.05) is 0 Å². The van der Waals surface area contributed by atoms with Crippen LogP contribution in [-0.4, -0.2) is 16.9 Å². The Hall–Kier alpha value is -2.82. The number of carboxylic acids is 1. The lowest BCUT2D eigenvalue weighted by atomic mass is 10.1. The minimum absolute atomic E-state index is 0.226.